The minimum Gasteiger partial charge on any atom is -0.355 e. The molecule has 0 saturated carbocycles. The Balaban J connectivity index is 1.73. The fourth-order valence-electron chi connectivity index (χ4n) is 3.40. The molecule has 2 aromatic carbocycles. The van der Waals surface area contributed by atoms with E-state index in [0.29, 0.717) is 22.0 Å². The Morgan fingerprint density at radius 2 is 1.97 bits per heavy atom. The Morgan fingerprint density at radius 3 is 2.61 bits per heavy atom. The van der Waals surface area contributed by atoms with E-state index in [4.69, 9.17) is 11.6 Å². The number of benzene rings is 2. The van der Waals surface area contributed by atoms with Crippen LogP contribution >= 0.6 is 11.6 Å². The minimum atomic E-state index is -3.00. The highest BCUT2D eigenvalue weighted by Gasteiger charge is 2.29. The summed E-state index contributed by atoms with van der Waals surface area (Å²) in [4.78, 5) is 23.9. The molecule has 31 heavy (non-hydrogen) atoms. The van der Waals surface area contributed by atoms with Crippen LogP contribution in [0.2, 0.25) is 5.02 Å². The second-order valence-corrected chi connectivity index (χ2v) is 7.90. The second kappa shape index (κ2) is 8.11. The Morgan fingerprint density at radius 1 is 1.23 bits per heavy atom. The fourth-order valence-corrected chi connectivity index (χ4v) is 3.52. The maximum atomic E-state index is 13.9. The van der Waals surface area contributed by atoms with Gasteiger partial charge in [0.05, 0.1) is 17.3 Å². The Kier molecular flexibility index (Phi) is 5.49. The van der Waals surface area contributed by atoms with Crippen molar-refractivity contribution in [3.05, 3.63) is 65.2 Å². The van der Waals surface area contributed by atoms with Crippen molar-refractivity contribution >= 4 is 29.2 Å². The zero-order chi connectivity index (χ0) is 22.2. The number of anilines is 1. The highest BCUT2D eigenvalue weighted by molar-refractivity contribution is 6.30. The maximum Gasteiger partial charge on any atom is 0.270 e. The first-order chi connectivity index (χ1) is 14.7. The van der Waals surface area contributed by atoms with Crippen LogP contribution in [-0.2, 0) is 15.5 Å². The fraction of sp³-hybridized carbons (Fsp3) is 0.227. The normalized spacial score (nSPS) is 16.3. The maximum absolute atomic E-state index is 13.9. The van der Waals surface area contributed by atoms with Crippen LogP contribution in [0.25, 0.3) is 16.9 Å². The van der Waals surface area contributed by atoms with Gasteiger partial charge in [-0.2, -0.15) is 0 Å². The van der Waals surface area contributed by atoms with Gasteiger partial charge in [0, 0.05) is 42.1 Å². The first-order valence-corrected chi connectivity index (χ1v) is 10.0. The zero-order valence-corrected chi connectivity index (χ0v) is 17.3. The number of nitrogens with one attached hydrogen (secondary N) is 2. The molecule has 1 aliphatic rings. The van der Waals surface area contributed by atoms with Crippen molar-refractivity contribution in [3.63, 3.8) is 0 Å². The molecule has 0 radical (unpaired) electrons. The number of rotatable bonds is 5. The van der Waals surface area contributed by atoms with Crippen molar-refractivity contribution in [2.45, 2.75) is 19.3 Å². The van der Waals surface area contributed by atoms with Gasteiger partial charge in [0.25, 0.3) is 5.92 Å². The number of carbonyl (C=O) groups is 2. The van der Waals surface area contributed by atoms with Gasteiger partial charge in [0.2, 0.25) is 11.8 Å². The lowest BCUT2D eigenvalue weighted by Gasteiger charge is -2.13. The first kappa shape index (κ1) is 21.0. The van der Waals surface area contributed by atoms with Crippen molar-refractivity contribution < 1.29 is 18.4 Å². The summed E-state index contributed by atoms with van der Waals surface area (Å²) in [5.41, 5.74) is 1.55. The van der Waals surface area contributed by atoms with Crippen LogP contribution in [0.3, 0.4) is 0 Å². The summed E-state index contributed by atoms with van der Waals surface area (Å²) >= 11 is 5.98. The smallest absolute Gasteiger partial charge is 0.270 e. The molecule has 2 heterocycles. The highest BCUT2D eigenvalue weighted by Crippen LogP contribution is 2.32. The Hall–Kier alpha value is -3.26. The third-order valence-electron chi connectivity index (χ3n) is 5.05. The van der Waals surface area contributed by atoms with Gasteiger partial charge in [-0.05, 0) is 30.3 Å². The van der Waals surface area contributed by atoms with Gasteiger partial charge in [-0.25, -0.2) is 13.5 Å². The van der Waals surface area contributed by atoms with Gasteiger partial charge in [-0.3, -0.25) is 9.59 Å². The molecule has 0 unspecified atom stereocenters. The molecule has 1 aliphatic heterocycles. The molecule has 1 atom stereocenters. The molecule has 4 rings (SSSR count). The number of hydrogen-bond acceptors (Lipinski definition) is 3. The monoisotopic (exact) mass is 444 g/mol. The molecule has 0 spiro atoms. The quantitative estimate of drug-likeness (QED) is 0.613. The van der Waals surface area contributed by atoms with Crippen molar-refractivity contribution in [2.75, 3.05) is 11.9 Å². The van der Waals surface area contributed by atoms with E-state index in [1.54, 1.807) is 47.1 Å². The number of nitrogens with zero attached hydrogens (tertiary/aromatic N) is 2. The highest BCUT2D eigenvalue weighted by atomic mass is 35.5. The lowest BCUT2D eigenvalue weighted by molar-refractivity contribution is -0.123. The summed E-state index contributed by atoms with van der Waals surface area (Å²) in [5, 5.41) is 10.3. The Bertz CT molecular complexity index is 1140. The summed E-state index contributed by atoms with van der Waals surface area (Å²) in [6.07, 6.45) is 0.115. The zero-order valence-electron chi connectivity index (χ0n) is 16.5. The molecule has 0 aliphatic carbocycles. The van der Waals surface area contributed by atoms with E-state index in [1.165, 1.54) is 12.1 Å². The van der Waals surface area contributed by atoms with Crippen molar-refractivity contribution in [2.24, 2.45) is 5.92 Å². The van der Waals surface area contributed by atoms with Gasteiger partial charge in [-0.1, -0.05) is 29.8 Å². The molecule has 3 aromatic rings. The Labute approximate surface area is 182 Å². The van der Waals surface area contributed by atoms with E-state index in [2.05, 4.69) is 15.7 Å². The topological polar surface area (TPSA) is 76.0 Å². The number of halogens is 3. The van der Waals surface area contributed by atoms with E-state index in [9.17, 15) is 18.4 Å². The molecule has 2 amide bonds. The van der Waals surface area contributed by atoms with E-state index < -0.39 is 11.8 Å². The van der Waals surface area contributed by atoms with E-state index >= 15 is 0 Å². The average molecular weight is 445 g/mol. The number of aromatic nitrogens is 2. The molecular formula is C22H19ClF2N4O2. The summed E-state index contributed by atoms with van der Waals surface area (Å²) in [7, 11) is 0. The molecule has 1 fully saturated rings. The third kappa shape index (κ3) is 4.59. The number of amides is 2. The van der Waals surface area contributed by atoms with Gasteiger partial charge in [0.15, 0.2) is 5.82 Å². The predicted octanol–water partition coefficient (Wildman–Crippen LogP) is 4.38. The minimum absolute atomic E-state index is 0.115. The molecule has 1 saturated heterocycles. The average Bonchev–Trinajstić information content (AvgIpc) is 3.34. The van der Waals surface area contributed by atoms with E-state index in [-0.39, 0.29) is 36.2 Å². The molecule has 0 bridgehead atoms. The standard InChI is InChI=1S/C22H19ClF2N4O2/c1-22(24,25)15-4-2-3-13(9-15)18-11-19(27-21(31)14-10-20(30)26-12-14)28-29(18)17-7-5-16(23)6-8-17/h2-9,11,14H,10,12H2,1H3,(H,26,30)(H,27,28,31)/t14-/m1/s1. The summed E-state index contributed by atoms with van der Waals surface area (Å²) in [5.74, 6) is -3.74. The van der Waals surface area contributed by atoms with E-state index in [0.717, 1.165) is 6.92 Å². The van der Waals surface area contributed by atoms with Gasteiger partial charge in [0.1, 0.15) is 0 Å². The molecule has 160 valence electrons. The summed E-state index contributed by atoms with van der Waals surface area (Å²) in [6.45, 7) is 1.11. The number of carbonyl (C=O) groups excluding carboxylic acids is 2. The van der Waals surface area contributed by atoms with Gasteiger partial charge in [-0.15, -0.1) is 5.10 Å². The lowest BCUT2D eigenvalue weighted by Crippen LogP contribution is -2.24. The van der Waals surface area contributed by atoms with Crippen LogP contribution in [0.1, 0.15) is 18.9 Å². The predicted molar refractivity (Wildman–Crippen MR) is 113 cm³/mol. The van der Waals surface area contributed by atoms with Gasteiger partial charge < -0.3 is 10.6 Å². The number of alkyl halides is 2. The SMILES string of the molecule is CC(F)(F)c1cccc(-c2cc(NC(=O)[C@H]3CNC(=O)C3)nn2-c2ccc(Cl)cc2)c1. The van der Waals surface area contributed by atoms with Crippen molar-refractivity contribution in [1.82, 2.24) is 15.1 Å². The summed E-state index contributed by atoms with van der Waals surface area (Å²) in [6, 6.07) is 14.5. The van der Waals surface area contributed by atoms with E-state index in [1.807, 2.05) is 0 Å². The summed E-state index contributed by atoms with van der Waals surface area (Å²) < 4.78 is 29.3. The van der Waals surface area contributed by atoms with Gasteiger partial charge >= 0.3 is 0 Å². The van der Waals surface area contributed by atoms with Crippen LogP contribution in [0, 0.1) is 5.92 Å². The van der Waals surface area contributed by atoms with Crippen LogP contribution in [0.5, 0.6) is 0 Å². The largest absolute Gasteiger partial charge is 0.355 e. The van der Waals surface area contributed by atoms with Crippen molar-refractivity contribution in [1.29, 1.82) is 0 Å². The molecule has 6 nitrogen and oxygen atoms in total. The third-order valence-corrected chi connectivity index (χ3v) is 5.30. The molecule has 9 heteroatoms. The first-order valence-electron chi connectivity index (χ1n) is 9.63. The number of hydrogen-bond donors (Lipinski definition) is 2. The van der Waals surface area contributed by atoms with Crippen LogP contribution in [-0.4, -0.2) is 28.1 Å². The van der Waals surface area contributed by atoms with Crippen LogP contribution in [0.4, 0.5) is 14.6 Å². The molecular weight excluding hydrogens is 426 g/mol. The van der Waals surface area contributed by atoms with Crippen LogP contribution < -0.4 is 10.6 Å². The lowest BCUT2D eigenvalue weighted by atomic mass is 10.0. The molecule has 1 aromatic heterocycles. The van der Waals surface area contributed by atoms with Crippen molar-refractivity contribution in [3.8, 4) is 16.9 Å². The van der Waals surface area contributed by atoms with Crippen LogP contribution in [0.15, 0.2) is 54.6 Å². The second-order valence-electron chi connectivity index (χ2n) is 7.47. The molecule has 2 N–H and O–H groups in total.